The van der Waals surface area contributed by atoms with Gasteiger partial charge in [-0.2, -0.15) is 0 Å². The first-order valence-electron chi connectivity index (χ1n) is 30.1. The molecule has 0 saturated heterocycles. The minimum atomic E-state index is 0. The van der Waals surface area contributed by atoms with E-state index >= 15 is 0 Å². The quantitative estimate of drug-likeness (QED) is 0.0324. The first-order chi connectivity index (χ1) is 30.2. The smallest absolute Gasteiger partial charge is 0.0786 e. The van der Waals surface area contributed by atoms with E-state index in [9.17, 15) is 0 Å². The van der Waals surface area contributed by atoms with Gasteiger partial charge in [0.15, 0.2) is 0 Å². The second kappa shape index (κ2) is 57.8. The second-order valence-corrected chi connectivity index (χ2v) is 21.2. The van der Waals surface area contributed by atoms with Crippen LogP contribution in [0.5, 0.6) is 0 Å². The fourth-order valence-electron chi connectivity index (χ4n) is 10.5. The van der Waals surface area contributed by atoms with Crippen molar-refractivity contribution < 1.29 is 28.5 Å². The Kier molecular flexibility index (Phi) is 60.4. The average Bonchev–Trinajstić information content (AvgIpc) is 3.27. The molecule has 0 aliphatic heterocycles. The van der Waals surface area contributed by atoms with E-state index in [0.29, 0.717) is 0 Å². The third kappa shape index (κ3) is 51.7. The number of hydrogen-bond acceptors (Lipinski definition) is 0. The van der Waals surface area contributed by atoms with Crippen LogP contribution >= 0.6 is 0 Å². The minimum Gasteiger partial charge on any atom is -1.00 e. The molecule has 0 aromatic carbocycles. The fourth-order valence-corrected chi connectivity index (χ4v) is 10.5. The van der Waals surface area contributed by atoms with Crippen LogP contribution in [0.1, 0.15) is 362 Å². The number of halogens is 1. The van der Waals surface area contributed by atoms with Crippen molar-refractivity contribution in [3.8, 4) is 0 Å². The summed E-state index contributed by atoms with van der Waals surface area (Å²) in [5.41, 5.74) is 0. The normalized spacial score (nSPS) is 11.8. The molecule has 0 atom stereocenters. The summed E-state index contributed by atoms with van der Waals surface area (Å²) >= 11 is 0. The van der Waals surface area contributed by atoms with E-state index in [0.717, 1.165) is 0 Å². The molecule has 0 aliphatic rings. The standard InChI is InChI=1S/C60H124N.HI/c1-5-9-13-17-21-25-29-33-37-41-45-49-53-57-61(58-54-50-46-42-38-34-30-26-22-18-14-10-6-2,59-55-51-47-43-39-35-31-27-23-19-15-11-7-3)60-56-52-48-44-40-36-32-28-24-20-16-12-8-4;/h5-60H2,1-4H3;1H/q+1;/p-1. The van der Waals surface area contributed by atoms with Gasteiger partial charge in [0.25, 0.3) is 0 Å². The highest BCUT2D eigenvalue weighted by atomic mass is 127. The zero-order chi connectivity index (χ0) is 44.1. The summed E-state index contributed by atoms with van der Waals surface area (Å²) in [6, 6.07) is 0. The largest absolute Gasteiger partial charge is 1.00 e. The van der Waals surface area contributed by atoms with Gasteiger partial charge in [0.05, 0.1) is 26.2 Å². The third-order valence-electron chi connectivity index (χ3n) is 14.9. The van der Waals surface area contributed by atoms with Gasteiger partial charge in [-0.25, -0.2) is 0 Å². The lowest BCUT2D eigenvalue weighted by molar-refractivity contribution is -0.929. The topological polar surface area (TPSA) is 0 Å². The molecule has 0 aliphatic carbocycles. The molecule has 0 aromatic heterocycles. The van der Waals surface area contributed by atoms with Crippen LogP contribution < -0.4 is 24.0 Å². The van der Waals surface area contributed by atoms with E-state index in [2.05, 4.69) is 27.7 Å². The predicted octanol–water partition coefficient (Wildman–Crippen LogP) is 19.2. The van der Waals surface area contributed by atoms with Crippen molar-refractivity contribution in [2.75, 3.05) is 26.2 Å². The van der Waals surface area contributed by atoms with Gasteiger partial charge in [-0.3, -0.25) is 0 Å². The molecule has 0 amide bonds. The summed E-state index contributed by atoms with van der Waals surface area (Å²) in [7, 11) is 0. The Morgan fingerprint density at radius 2 is 0.242 bits per heavy atom. The molecule has 0 fully saturated rings. The van der Waals surface area contributed by atoms with E-state index in [1.807, 2.05) is 0 Å². The van der Waals surface area contributed by atoms with Crippen molar-refractivity contribution in [3.05, 3.63) is 0 Å². The number of rotatable bonds is 56. The number of unbranched alkanes of at least 4 members (excludes halogenated alkanes) is 48. The minimum absolute atomic E-state index is 0. The monoisotopic (exact) mass is 986 g/mol. The molecule has 62 heavy (non-hydrogen) atoms. The Bertz CT molecular complexity index is 626. The number of hydrogen-bond donors (Lipinski definition) is 0. The van der Waals surface area contributed by atoms with Crippen molar-refractivity contribution in [2.45, 2.75) is 362 Å². The summed E-state index contributed by atoms with van der Waals surface area (Å²) in [5.74, 6) is 0. The Labute approximate surface area is 413 Å². The van der Waals surface area contributed by atoms with Crippen molar-refractivity contribution in [1.82, 2.24) is 0 Å². The van der Waals surface area contributed by atoms with Crippen LogP contribution in [0.2, 0.25) is 0 Å². The van der Waals surface area contributed by atoms with Crippen LogP contribution in [0.15, 0.2) is 0 Å². The predicted molar refractivity (Wildman–Crippen MR) is 283 cm³/mol. The SMILES string of the molecule is CCCCCCCCCCCCCCC[N+](CCCCCCCCCCCCCCC)(CCCCCCCCCCCCCCC)CCCCCCCCCCCCCCC.[I-]. The summed E-state index contributed by atoms with van der Waals surface area (Å²) in [6.07, 6.45) is 76.7. The van der Waals surface area contributed by atoms with E-state index < -0.39 is 0 Å². The molecule has 0 aromatic rings. The lowest BCUT2D eigenvalue weighted by atomic mass is 10.0. The van der Waals surface area contributed by atoms with Gasteiger partial charge in [0.2, 0.25) is 0 Å². The van der Waals surface area contributed by atoms with Crippen LogP contribution in [0.3, 0.4) is 0 Å². The Balaban J connectivity index is 0. The van der Waals surface area contributed by atoms with E-state index in [1.54, 1.807) is 0 Å². The highest BCUT2D eigenvalue weighted by molar-refractivity contribution is 4.57. The third-order valence-corrected chi connectivity index (χ3v) is 14.9. The van der Waals surface area contributed by atoms with Crippen LogP contribution in [-0.2, 0) is 0 Å². The molecule has 0 unspecified atom stereocenters. The van der Waals surface area contributed by atoms with Gasteiger partial charge in [-0.1, -0.05) is 310 Å². The maximum absolute atomic E-state index is 2.33. The lowest BCUT2D eigenvalue weighted by Crippen LogP contribution is -3.00. The fraction of sp³-hybridized carbons (Fsp3) is 1.00. The van der Waals surface area contributed by atoms with Crippen LogP contribution in [0.25, 0.3) is 0 Å². The highest BCUT2D eigenvalue weighted by Crippen LogP contribution is 2.22. The maximum Gasteiger partial charge on any atom is 0.0786 e. The van der Waals surface area contributed by atoms with Crippen molar-refractivity contribution in [3.63, 3.8) is 0 Å². The van der Waals surface area contributed by atoms with Crippen molar-refractivity contribution in [1.29, 1.82) is 0 Å². The first-order valence-corrected chi connectivity index (χ1v) is 30.1. The van der Waals surface area contributed by atoms with Gasteiger partial charge in [-0.05, 0) is 51.4 Å². The van der Waals surface area contributed by atoms with E-state index in [1.165, 1.54) is 365 Å². The van der Waals surface area contributed by atoms with Gasteiger partial charge < -0.3 is 28.5 Å². The second-order valence-electron chi connectivity index (χ2n) is 21.2. The molecule has 0 radical (unpaired) electrons. The maximum atomic E-state index is 2.33. The molecule has 2 heteroatoms. The van der Waals surface area contributed by atoms with Gasteiger partial charge >= 0.3 is 0 Å². The zero-order valence-electron chi connectivity index (χ0n) is 44.4. The molecular weight excluding hydrogens is 862 g/mol. The number of quaternary nitrogens is 1. The van der Waals surface area contributed by atoms with Gasteiger partial charge in [0, 0.05) is 0 Å². The summed E-state index contributed by atoms with van der Waals surface area (Å²) in [6.45, 7) is 15.3. The lowest BCUT2D eigenvalue weighted by Gasteiger charge is -2.40. The van der Waals surface area contributed by atoms with Crippen molar-refractivity contribution in [2.24, 2.45) is 0 Å². The number of nitrogens with zero attached hydrogens (tertiary/aromatic N) is 1. The Morgan fingerprint density at radius 3 is 0.355 bits per heavy atom. The van der Waals surface area contributed by atoms with Crippen LogP contribution in [0.4, 0.5) is 0 Å². The molecule has 0 saturated carbocycles. The summed E-state index contributed by atoms with van der Waals surface area (Å²) in [4.78, 5) is 0. The van der Waals surface area contributed by atoms with Gasteiger partial charge in [0.1, 0.15) is 0 Å². The van der Waals surface area contributed by atoms with Crippen molar-refractivity contribution >= 4 is 0 Å². The molecule has 0 bridgehead atoms. The molecule has 0 spiro atoms. The molecular formula is C60H124IN. The molecule has 0 rings (SSSR count). The molecule has 1 nitrogen and oxygen atoms in total. The molecule has 0 N–H and O–H groups in total. The molecule has 0 heterocycles. The van der Waals surface area contributed by atoms with Crippen LogP contribution in [0, 0.1) is 0 Å². The molecule has 376 valence electrons. The Morgan fingerprint density at radius 1 is 0.145 bits per heavy atom. The van der Waals surface area contributed by atoms with E-state index in [-0.39, 0.29) is 24.0 Å². The average molecular weight is 987 g/mol. The van der Waals surface area contributed by atoms with Crippen LogP contribution in [-0.4, -0.2) is 30.7 Å². The first kappa shape index (κ1) is 64.8. The summed E-state index contributed by atoms with van der Waals surface area (Å²) < 4.78 is 1.49. The summed E-state index contributed by atoms with van der Waals surface area (Å²) in [5, 5.41) is 0. The van der Waals surface area contributed by atoms with Gasteiger partial charge in [-0.15, -0.1) is 0 Å². The highest BCUT2D eigenvalue weighted by Gasteiger charge is 2.25. The zero-order valence-corrected chi connectivity index (χ0v) is 46.6. The Hall–Kier alpha value is 0.690. The van der Waals surface area contributed by atoms with E-state index in [4.69, 9.17) is 0 Å².